The molecule has 3 atom stereocenters. The number of alkyl halides is 3. The van der Waals surface area contributed by atoms with Crippen LogP contribution in [0.3, 0.4) is 0 Å². The number of halogens is 3. The van der Waals surface area contributed by atoms with Gasteiger partial charge in [0.25, 0.3) is 5.79 Å². The molecular formula is C21H31F3O5. The van der Waals surface area contributed by atoms with Gasteiger partial charge in [-0.05, 0) is 38.0 Å². The van der Waals surface area contributed by atoms with Crippen LogP contribution in [0.1, 0.15) is 64.7 Å². The first-order valence-corrected chi connectivity index (χ1v) is 10.1. The van der Waals surface area contributed by atoms with Gasteiger partial charge in [0.05, 0.1) is 5.92 Å². The highest BCUT2D eigenvalue weighted by molar-refractivity contribution is 5.83. The van der Waals surface area contributed by atoms with Crippen LogP contribution in [0.15, 0.2) is 24.3 Å². The number of carboxylic acid groups (broad SMARTS) is 1. The van der Waals surface area contributed by atoms with Crippen molar-refractivity contribution < 1.29 is 38.1 Å². The van der Waals surface area contributed by atoms with Crippen LogP contribution in [0, 0.1) is 17.8 Å². The number of ketones is 1. The molecule has 166 valence electrons. The highest BCUT2D eigenvalue weighted by atomic mass is 19.4. The van der Waals surface area contributed by atoms with Crippen molar-refractivity contribution in [3.8, 4) is 0 Å². The molecule has 5 nitrogen and oxygen atoms in total. The van der Waals surface area contributed by atoms with Crippen LogP contribution in [0.5, 0.6) is 0 Å². The van der Waals surface area contributed by atoms with Crippen LogP contribution in [0.25, 0.3) is 0 Å². The Morgan fingerprint density at radius 1 is 1.24 bits per heavy atom. The van der Waals surface area contributed by atoms with Crippen molar-refractivity contribution in [1.82, 2.24) is 0 Å². The Hall–Kier alpha value is -1.67. The first-order valence-electron chi connectivity index (χ1n) is 10.1. The Labute approximate surface area is 169 Å². The zero-order valence-electron chi connectivity index (χ0n) is 16.7. The lowest BCUT2D eigenvalue weighted by molar-refractivity contribution is -0.205. The molecule has 8 heteroatoms. The molecule has 0 aliphatic heterocycles. The highest BCUT2D eigenvalue weighted by Crippen LogP contribution is 2.35. The normalized spacial score (nSPS) is 22.1. The molecular weight excluding hydrogens is 389 g/mol. The van der Waals surface area contributed by atoms with Gasteiger partial charge in [0.15, 0.2) is 0 Å². The molecule has 0 aromatic rings. The molecule has 0 spiro atoms. The van der Waals surface area contributed by atoms with Crippen LogP contribution >= 0.6 is 0 Å². The predicted octanol–water partition coefficient (Wildman–Crippen LogP) is 4.39. The van der Waals surface area contributed by atoms with Gasteiger partial charge < -0.3 is 15.3 Å². The monoisotopic (exact) mass is 420 g/mol. The van der Waals surface area contributed by atoms with E-state index in [2.05, 4.69) is 0 Å². The van der Waals surface area contributed by atoms with Crippen LogP contribution in [0.4, 0.5) is 13.2 Å². The van der Waals surface area contributed by atoms with Crippen molar-refractivity contribution in [1.29, 1.82) is 0 Å². The third-order valence-corrected chi connectivity index (χ3v) is 5.39. The minimum atomic E-state index is -4.22. The molecule has 3 N–H and O–H groups in total. The van der Waals surface area contributed by atoms with Gasteiger partial charge in [-0.25, -0.2) is 4.79 Å². The maximum atomic E-state index is 13.1. The predicted molar refractivity (Wildman–Crippen MR) is 102 cm³/mol. The van der Waals surface area contributed by atoms with Gasteiger partial charge in [0.2, 0.25) is 0 Å². The highest BCUT2D eigenvalue weighted by Gasteiger charge is 2.38. The summed E-state index contributed by atoms with van der Waals surface area (Å²) in [4.78, 5) is 22.7. The summed E-state index contributed by atoms with van der Waals surface area (Å²) in [6.45, 7) is 1.86. The van der Waals surface area contributed by atoms with Crippen molar-refractivity contribution >= 4 is 11.8 Å². The summed E-state index contributed by atoms with van der Waals surface area (Å²) < 4.78 is 39.3. The number of hydrogen-bond acceptors (Lipinski definition) is 4. The fraction of sp³-hybridized carbons (Fsp3) is 0.714. The Morgan fingerprint density at radius 3 is 2.52 bits per heavy atom. The second-order valence-corrected chi connectivity index (χ2v) is 7.69. The first-order chi connectivity index (χ1) is 13.5. The lowest BCUT2D eigenvalue weighted by Crippen LogP contribution is -2.37. The average molecular weight is 420 g/mol. The van der Waals surface area contributed by atoms with Crippen molar-refractivity contribution in [3.63, 3.8) is 0 Å². The molecule has 0 unspecified atom stereocenters. The lowest BCUT2D eigenvalue weighted by Gasteiger charge is -2.19. The van der Waals surface area contributed by atoms with Crippen molar-refractivity contribution in [2.75, 3.05) is 0 Å². The van der Waals surface area contributed by atoms with E-state index in [-0.39, 0.29) is 43.3 Å². The second-order valence-electron chi connectivity index (χ2n) is 7.69. The van der Waals surface area contributed by atoms with Gasteiger partial charge >= 0.3 is 12.1 Å². The molecule has 1 aliphatic carbocycles. The molecule has 1 saturated carbocycles. The summed E-state index contributed by atoms with van der Waals surface area (Å²) in [5.41, 5.74) is 0. The number of carbonyl (C=O) groups excluding carboxylic acids is 1. The van der Waals surface area contributed by atoms with E-state index in [4.69, 9.17) is 5.11 Å². The molecule has 0 saturated heterocycles. The maximum absolute atomic E-state index is 13.1. The molecule has 1 aliphatic rings. The van der Waals surface area contributed by atoms with Crippen LogP contribution < -0.4 is 0 Å². The molecule has 0 bridgehead atoms. The minimum Gasteiger partial charge on any atom is -0.477 e. The van der Waals surface area contributed by atoms with E-state index in [1.807, 2.05) is 6.92 Å². The summed E-state index contributed by atoms with van der Waals surface area (Å²) >= 11 is 0. The van der Waals surface area contributed by atoms with E-state index >= 15 is 0 Å². The molecule has 1 rings (SSSR count). The first kappa shape index (κ1) is 25.4. The van der Waals surface area contributed by atoms with Crippen LogP contribution in [-0.2, 0) is 9.59 Å². The molecule has 0 aromatic heterocycles. The Bertz CT molecular complexity index is 596. The minimum absolute atomic E-state index is 0.0619. The molecule has 0 aromatic carbocycles. The Kier molecular flexibility index (Phi) is 10.1. The van der Waals surface area contributed by atoms with Crippen molar-refractivity contribution in [2.45, 2.75) is 76.7 Å². The number of carbonyl (C=O) groups is 2. The quantitative estimate of drug-likeness (QED) is 0.322. The van der Waals surface area contributed by atoms with E-state index in [0.29, 0.717) is 32.1 Å². The van der Waals surface area contributed by atoms with Gasteiger partial charge in [-0.3, -0.25) is 4.79 Å². The summed E-state index contributed by atoms with van der Waals surface area (Å²) in [7, 11) is 0. The number of hydrogen-bond donors (Lipinski definition) is 3. The number of aliphatic hydroxyl groups is 2. The number of unbranched alkanes of at least 4 members (excludes halogenated alkanes) is 1. The number of aliphatic carboxylic acids is 1. The fourth-order valence-electron chi connectivity index (χ4n) is 3.51. The van der Waals surface area contributed by atoms with Crippen LogP contribution in [-0.4, -0.2) is 39.0 Å². The largest absolute Gasteiger partial charge is 0.477 e. The molecule has 0 radical (unpaired) electrons. The van der Waals surface area contributed by atoms with E-state index in [9.17, 15) is 33.0 Å². The van der Waals surface area contributed by atoms with E-state index in [0.717, 1.165) is 0 Å². The molecule has 29 heavy (non-hydrogen) atoms. The standard InChI is InChI=1S/C21H31F3O5/c1-2-3-9-16(21(22,23)24)10-7-8-15-12-13-18(25)17(15)11-5-4-6-14-20(28,29)19(26)27/h4-5,7-8,15-17,28-29H,2-3,6,9-14H2,1H3,(H,26,27)/b5-4-,8-7+/t15-,16+,17+/m0/s1. The van der Waals surface area contributed by atoms with Gasteiger partial charge in [-0.2, -0.15) is 13.2 Å². The number of allylic oxidation sites excluding steroid dienone is 4. The Morgan fingerprint density at radius 2 is 1.93 bits per heavy atom. The zero-order valence-corrected chi connectivity index (χ0v) is 16.7. The second kappa shape index (κ2) is 11.5. The van der Waals surface area contributed by atoms with Crippen molar-refractivity contribution in [3.05, 3.63) is 24.3 Å². The third-order valence-electron chi connectivity index (χ3n) is 5.39. The Balaban J connectivity index is 2.57. The summed E-state index contributed by atoms with van der Waals surface area (Å²) in [5.74, 6) is -6.23. The van der Waals surface area contributed by atoms with Gasteiger partial charge in [0, 0.05) is 18.8 Å². The average Bonchev–Trinajstić information content (AvgIpc) is 2.96. The third kappa shape index (κ3) is 8.70. The van der Waals surface area contributed by atoms with Gasteiger partial charge in [0.1, 0.15) is 5.78 Å². The molecule has 1 fully saturated rings. The van der Waals surface area contributed by atoms with E-state index in [1.54, 1.807) is 24.3 Å². The molecule has 0 heterocycles. The van der Waals surface area contributed by atoms with E-state index in [1.165, 1.54) is 0 Å². The number of rotatable bonds is 12. The zero-order chi connectivity index (χ0) is 22.1. The lowest BCUT2D eigenvalue weighted by atomic mass is 9.90. The SMILES string of the molecule is CCCC[C@H](C/C=C/[C@H]1CCC(=O)[C@@H]1C/C=C\CCC(O)(O)C(=O)O)C(F)(F)F. The van der Waals surface area contributed by atoms with Crippen molar-refractivity contribution in [2.24, 2.45) is 17.8 Å². The number of Topliss-reactive ketones (excluding diaryl/α,β-unsaturated/α-hetero) is 1. The summed E-state index contributed by atoms with van der Waals surface area (Å²) in [5, 5.41) is 27.0. The maximum Gasteiger partial charge on any atom is 0.392 e. The van der Waals surface area contributed by atoms with E-state index < -0.39 is 23.9 Å². The topological polar surface area (TPSA) is 94.8 Å². The van der Waals surface area contributed by atoms with Crippen LogP contribution in [0.2, 0.25) is 0 Å². The number of carboxylic acids is 1. The van der Waals surface area contributed by atoms with Gasteiger partial charge in [-0.15, -0.1) is 0 Å². The summed E-state index contributed by atoms with van der Waals surface area (Å²) in [6, 6.07) is 0. The smallest absolute Gasteiger partial charge is 0.392 e. The summed E-state index contributed by atoms with van der Waals surface area (Å²) in [6.07, 6.45) is 4.71. The van der Waals surface area contributed by atoms with Gasteiger partial charge in [-0.1, -0.05) is 44.1 Å². The molecule has 0 amide bonds. The fourth-order valence-corrected chi connectivity index (χ4v) is 3.51.